The van der Waals surface area contributed by atoms with E-state index in [0.29, 0.717) is 45.0 Å². The topological polar surface area (TPSA) is 478 Å². The van der Waals surface area contributed by atoms with Gasteiger partial charge in [0.25, 0.3) is 29.9 Å². The van der Waals surface area contributed by atoms with Crippen LogP contribution >= 0.6 is 0 Å². The summed E-state index contributed by atoms with van der Waals surface area (Å²) >= 11 is 0. The standard InChI is InChI=1S/C52H54N10O6.C34H34N8O4.C18H12N2O2.4C2H6/c1-53-47(63)29-19-21-43-45(23-29)61-51(67)57-27-41-35-15-7-9-17-37(35)42(38-18-10-8-16-36(38)41)28-58-52(68)62-46-24-30(48(64)54-2)20-22-44(46)60-50(66)56-26-40-33-13-5-3-11-31(33)39(25-55-49(65)59-43)32-12-4-6-14-34(32)40;1-37-31(43)19-11-13-29(27(35)15-19)41-33(45)39-17-25-21-7-3-5-9-23(21)26(24-10-6-4-8-22(24)25)18-40-34(46)42-30-14-12-20(16-28(30)36)32(44)38-2;19-11-22-10-18-15-7-3-1-5-13(15)17(9-20-12-21)14-6-2-4-8-16(14)18;4*1-2/h3,5,7,9,11,13,15,17,19-24H,4,6,8,10,12,14,16,18,25-28H2,1-2H3,(H,53,63)(H,54,64)(H2,55,59,65)(H2,56,60,66)(H2,57,61,67)(H2,58,62,68);3-16H,17-18,35-36H2,1-2H3,(H,37,43)(H,38,44)(H2,39,41,45)(H2,40,42,46);1-8H,9-10H2;4*1-2H3. The van der Waals surface area contributed by atoms with Crippen molar-refractivity contribution in [3.63, 3.8) is 0 Å². The maximum atomic E-state index is 13.9. The zero-order chi connectivity index (χ0) is 103. The molecule has 1 aliphatic heterocycles. The van der Waals surface area contributed by atoms with Gasteiger partial charge in [0.1, 0.15) is 6.61 Å². The van der Waals surface area contributed by atoms with E-state index in [1.165, 1.54) is 52.5 Å². The van der Waals surface area contributed by atoms with Crippen molar-refractivity contribution in [3.05, 3.63) is 307 Å². The fourth-order valence-electron chi connectivity index (χ4n) is 18.2. The number of urea groups is 6. The maximum Gasteiger partial charge on any atom is 0.319 e. The molecule has 0 saturated carbocycles. The highest BCUT2D eigenvalue weighted by Crippen LogP contribution is 2.41. The van der Waals surface area contributed by atoms with Gasteiger partial charge in [-0.05, 0) is 250 Å². The second-order valence-electron chi connectivity index (χ2n) is 32.5. The molecule has 14 aromatic carbocycles. The van der Waals surface area contributed by atoms with E-state index in [0.717, 1.165) is 183 Å². The number of hydrogen-bond donors (Lipinski definition) is 18. The molecule has 20 N–H and O–H groups in total. The van der Waals surface area contributed by atoms with Crippen LogP contribution in [0.4, 0.5) is 74.3 Å². The third-order valence-corrected chi connectivity index (χ3v) is 24.6. The summed E-state index contributed by atoms with van der Waals surface area (Å²) in [6.45, 7) is 17.7. The highest BCUT2D eigenvalue weighted by Gasteiger charge is 2.28. The van der Waals surface area contributed by atoms with Crippen molar-refractivity contribution >= 4 is 176 Å². The lowest BCUT2D eigenvalue weighted by Crippen LogP contribution is -2.33. The van der Waals surface area contributed by atoms with Crippen molar-refractivity contribution < 1.29 is 57.5 Å². The van der Waals surface area contributed by atoms with E-state index >= 15 is 0 Å². The molecule has 2 aliphatic carbocycles. The number of nitrogens with zero attached hydrogens (tertiary/aromatic N) is 2. The number of fused-ring (bicyclic) bond motifs is 12. The molecule has 1 heterocycles. The Morgan fingerprint density at radius 2 is 0.597 bits per heavy atom. The van der Waals surface area contributed by atoms with E-state index in [4.69, 9.17) is 21.5 Å². The van der Waals surface area contributed by atoms with Gasteiger partial charge < -0.3 is 101 Å². The largest absolute Gasteiger partial charge is 0.423 e. The summed E-state index contributed by atoms with van der Waals surface area (Å²) in [5.74, 6) is -1.27. The Hall–Kier alpha value is -17.6. The summed E-state index contributed by atoms with van der Waals surface area (Å²) in [5.41, 5.74) is 28.0. The third-order valence-electron chi connectivity index (χ3n) is 24.6. The molecule has 32 nitrogen and oxygen atoms in total. The van der Waals surface area contributed by atoms with Crippen LogP contribution in [0, 0.1) is 11.5 Å². The quantitative estimate of drug-likeness (QED) is 0.0158. The molecule has 0 saturated heterocycles. The number of amides is 16. The smallest absolute Gasteiger partial charge is 0.319 e. The van der Waals surface area contributed by atoms with Crippen molar-refractivity contribution in [2.24, 2.45) is 4.99 Å². The van der Waals surface area contributed by atoms with Crippen LogP contribution in [0.15, 0.2) is 223 Å². The molecular weight excluding hydrogens is 1820 g/mol. The first-order valence-corrected chi connectivity index (χ1v) is 48.4. The molecule has 0 aromatic heterocycles. The maximum absolute atomic E-state index is 13.9. The number of carbonyl (C=O) groups is 10. The van der Waals surface area contributed by atoms with Gasteiger partial charge in [-0.1, -0.05) is 201 Å². The minimum absolute atomic E-state index is 0.184. The molecule has 0 fully saturated rings. The van der Waals surface area contributed by atoms with Crippen molar-refractivity contribution in [3.8, 4) is 6.26 Å². The third kappa shape index (κ3) is 25.5. The number of nitriles is 1. The highest BCUT2D eigenvalue weighted by atomic mass is 16.5. The molecule has 16 amide bonds. The van der Waals surface area contributed by atoms with Crippen molar-refractivity contribution in [1.29, 1.82) is 5.26 Å². The average molecular weight is 1940 g/mol. The van der Waals surface area contributed by atoms with Crippen LogP contribution in [0.2, 0.25) is 0 Å². The molecule has 144 heavy (non-hydrogen) atoms. The monoisotopic (exact) mass is 1940 g/mol. The van der Waals surface area contributed by atoms with Gasteiger partial charge in [-0.3, -0.25) is 19.2 Å². The normalized spacial score (nSPS) is 12.5. The Kier molecular flexibility index (Phi) is 38.9. The van der Waals surface area contributed by atoms with Crippen LogP contribution in [-0.4, -0.2) is 94.1 Å². The Bertz CT molecular complexity index is 6780. The number of isocyanates is 1. The molecule has 0 radical (unpaired) electrons. The average Bonchev–Trinajstić information content (AvgIpc) is 0.764. The second kappa shape index (κ2) is 52.4. The molecule has 0 unspecified atom stereocenters. The van der Waals surface area contributed by atoms with Gasteiger partial charge in [0.2, 0.25) is 6.08 Å². The van der Waals surface area contributed by atoms with E-state index in [-0.39, 0.29) is 98.8 Å². The van der Waals surface area contributed by atoms with Gasteiger partial charge in [0.05, 0.1) is 52.0 Å². The van der Waals surface area contributed by atoms with Crippen LogP contribution in [0.25, 0.3) is 64.6 Å². The zero-order valence-corrected chi connectivity index (χ0v) is 83.0. The van der Waals surface area contributed by atoms with Crippen molar-refractivity contribution in [2.45, 2.75) is 159 Å². The van der Waals surface area contributed by atoms with E-state index < -0.39 is 36.2 Å². The molecule has 4 bridgehead atoms. The Morgan fingerprint density at radius 1 is 0.340 bits per heavy atom. The predicted molar refractivity (Wildman–Crippen MR) is 575 cm³/mol. The summed E-state index contributed by atoms with van der Waals surface area (Å²) in [5, 5.41) is 65.6. The first-order valence-electron chi connectivity index (χ1n) is 48.4. The Morgan fingerprint density at radius 3 is 0.868 bits per heavy atom. The molecule has 0 atom stereocenters. The summed E-state index contributed by atoms with van der Waals surface area (Å²) in [7, 11) is 6.10. The molecule has 14 aromatic rings. The van der Waals surface area contributed by atoms with E-state index in [1.54, 1.807) is 60.9 Å². The van der Waals surface area contributed by atoms with Gasteiger partial charge in [-0.25, -0.2) is 38.6 Å². The van der Waals surface area contributed by atoms with Crippen molar-refractivity contribution in [1.82, 2.24) is 53.2 Å². The number of carbonyl (C=O) groups excluding carboxylic acids is 11. The SMILES string of the molecule is CC.CC.CC.CC.CNC(=O)c1ccc(NC(=O)NCc2c3ccccc3c(CNC(=O)Nc3ccc(C(=O)NC)cc3N)c3ccccc23)c(N)c1.CNC(=O)c1ccc2c(c1)NC(=O)NCc1c3c(c(c4ccccc14)CNC(=O)Nc1cc(C(=O)NC)ccc1NC(=O)NCc1c4c(c(c5ccccc15)CNC(=O)N2)CCCC4)CCCC3.N#COCc1c2ccccc2c(CN=C=O)c2ccccc12. The van der Waals surface area contributed by atoms with E-state index in [1.807, 2.05) is 201 Å². The first-order chi connectivity index (χ1) is 70.1. The van der Waals surface area contributed by atoms with Crippen molar-refractivity contribution in [2.75, 3.05) is 71.6 Å². The Balaban J connectivity index is 0.000000223. The molecule has 744 valence electrons. The minimum atomic E-state index is -0.532. The van der Waals surface area contributed by atoms with E-state index in [2.05, 4.69) is 90.1 Å². The van der Waals surface area contributed by atoms with Crippen LogP contribution < -0.4 is 96.5 Å². The van der Waals surface area contributed by atoms with Crippen LogP contribution in [-0.2, 0) is 87.6 Å². The number of benzene rings is 14. The van der Waals surface area contributed by atoms with Gasteiger partial charge in [0, 0.05) is 95.3 Å². The fraction of sp³-hybridized carbons (Fsp3) is 0.250. The number of nitrogen functional groups attached to an aromatic ring is 2. The lowest BCUT2D eigenvalue weighted by molar-refractivity contribution is 0.0955. The number of anilines is 8. The van der Waals surface area contributed by atoms with Crippen LogP contribution in [0.5, 0.6) is 0 Å². The molecule has 32 heteroatoms. The van der Waals surface area contributed by atoms with Gasteiger partial charge >= 0.3 is 36.2 Å². The number of nitrogens with one attached hydrogen (secondary N) is 16. The van der Waals surface area contributed by atoms with Gasteiger partial charge in [-0.15, -0.1) is 0 Å². The molecule has 3 aliphatic rings. The summed E-state index contributed by atoms with van der Waals surface area (Å²) in [4.78, 5) is 145. The highest BCUT2D eigenvalue weighted by molar-refractivity contribution is 6.10. The number of ether oxygens (including phenoxy) is 1. The zero-order valence-electron chi connectivity index (χ0n) is 83.0. The number of hydrogen-bond acceptors (Lipinski definition) is 16. The lowest BCUT2D eigenvalue weighted by Gasteiger charge is -2.27. The Labute approximate surface area is 836 Å². The first kappa shape index (κ1) is 107. The predicted octanol–water partition coefficient (Wildman–Crippen LogP) is 20.5. The lowest BCUT2D eigenvalue weighted by atomic mass is 9.81. The number of nitrogens with two attached hydrogens (primary N) is 2. The van der Waals surface area contributed by atoms with Crippen LogP contribution in [0.3, 0.4) is 0 Å². The number of rotatable bonds is 14. The van der Waals surface area contributed by atoms with E-state index in [9.17, 15) is 52.7 Å². The van der Waals surface area contributed by atoms with Crippen LogP contribution in [0.1, 0.15) is 189 Å². The summed E-state index contributed by atoms with van der Waals surface area (Å²) in [6.07, 6.45) is 10.3. The fourth-order valence-corrected chi connectivity index (χ4v) is 18.2. The van der Waals surface area contributed by atoms with Gasteiger partial charge in [-0.2, -0.15) is 5.26 Å². The molecular formula is C112H124N20O12. The molecule has 17 rings (SSSR count). The summed E-state index contributed by atoms with van der Waals surface area (Å²) in [6, 6.07) is 62.9. The summed E-state index contributed by atoms with van der Waals surface area (Å²) < 4.78 is 4.98. The minimum Gasteiger partial charge on any atom is -0.423 e. The van der Waals surface area contributed by atoms with Gasteiger partial charge in [0.15, 0.2) is 0 Å². The number of aliphatic imine (C=N–C) groups is 1. The second-order valence-corrected chi connectivity index (χ2v) is 32.5. The molecule has 0 spiro atoms.